The molecular weight excluding hydrogens is 568 g/mol. The highest BCUT2D eigenvalue weighted by atomic mass is 35.5. The van der Waals surface area contributed by atoms with Gasteiger partial charge in [-0.15, -0.1) is 0 Å². The molecule has 0 saturated heterocycles. The first kappa shape index (κ1) is 32.1. The van der Waals surface area contributed by atoms with E-state index in [1.54, 1.807) is 57.2 Å². The molecule has 3 aromatic carbocycles. The summed E-state index contributed by atoms with van der Waals surface area (Å²) in [6.07, 6.45) is -1.18. The van der Waals surface area contributed by atoms with Gasteiger partial charge < -0.3 is 14.7 Å². The molecule has 220 valence electrons. The number of hydroxylamine groups is 2. The summed E-state index contributed by atoms with van der Waals surface area (Å²) in [5.41, 5.74) is 0.794. The Balaban J connectivity index is 1.76. The molecule has 0 aromatic heterocycles. The Bertz CT molecular complexity index is 1470. The Kier molecular flexibility index (Phi) is 10.5. The third-order valence-corrected chi connectivity index (χ3v) is 8.14. The van der Waals surface area contributed by atoms with Crippen LogP contribution in [0.25, 0.3) is 0 Å². The van der Waals surface area contributed by atoms with Gasteiger partial charge in [0, 0.05) is 24.2 Å². The van der Waals surface area contributed by atoms with E-state index in [1.807, 2.05) is 0 Å². The van der Waals surface area contributed by atoms with E-state index in [1.165, 1.54) is 55.5 Å². The summed E-state index contributed by atoms with van der Waals surface area (Å²) in [4.78, 5) is 31.7. The molecular formula is C30H35ClN2O7S. The van der Waals surface area contributed by atoms with Crippen LogP contribution < -0.4 is 0 Å². The summed E-state index contributed by atoms with van der Waals surface area (Å²) in [5, 5.41) is 12.3. The highest BCUT2D eigenvalue weighted by Crippen LogP contribution is 2.24. The molecule has 0 bridgehead atoms. The first-order chi connectivity index (χ1) is 19.2. The summed E-state index contributed by atoms with van der Waals surface area (Å²) in [6.45, 7) is 5.48. The summed E-state index contributed by atoms with van der Waals surface area (Å²) in [6, 6.07) is 18.8. The second-order valence-corrected chi connectivity index (χ2v) is 12.8. The van der Waals surface area contributed by atoms with E-state index in [9.17, 15) is 23.1 Å². The maximum Gasteiger partial charge on any atom is 0.410 e. The lowest BCUT2D eigenvalue weighted by Gasteiger charge is -2.29. The van der Waals surface area contributed by atoms with Crippen molar-refractivity contribution in [3.05, 3.63) is 94.5 Å². The number of carbonyl (C=O) groups is 2. The largest absolute Gasteiger partial charge is 0.444 e. The van der Waals surface area contributed by atoms with Crippen molar-refractivity contribution in [3.8, 4) is 0 Å². The number of amides is 2. The second kappa shape index (κ2) is 13.5. The summed E-state index contributed by atoms with van der Waals surface area (Å²) >= 11 is 6.06. The molecule has 0 radical (unpaired) electrons. The van der Waals surface area contributed by atoms with Crippen LogP contribution in [0.5, 0.6) is 0 Å². The monoisotopic (exact) mass is 602 g/mol. The van der Waals surface area contributed by atoms with Crippen molar-refractivity contribution in [1.82, 2.24) is 9.96 Å². The maximum absolute atomic E-state index is 13.3. The molecule has 2 amide bonds. The number of ether oxygens (including phenoxy) is 1. The molecule has 0 aliphatic heterocycles. The summed E-state index contributed by atoms with van der Waals surface area (Å²) in [7, 11) is -1.12. The van der Waals surface area contributed by atoms with Gasteiger partial charge in [-0.2, -0.15) is 0 Å². The third-order valence-electron chi connectivity index (χ3n) is 6.13. The first-order valence-electron chi connectivity index (χ1n) is 12.9. The van der Waals surface area contributed by atoms with Crippen molar-refractivity contribution in [2.45, 2.75) is 48.7 Å². The highest BCUT2D eigenvalue weighted by Gasteiger charge is 2.25. The molecule has 3 rings (SSSR count). The predicted octanol–water partition coefficient (Wildman–Crippen LogP) is 5.32. The van der Waals surface area contributed by atoms with E-state index in [4.69, 9.17) is 21.2 Å². The van der Waals surface area contributed by atoms with Gasteiger partial charge in [-0.05, 0) is 80.8 Å². The zero-order valence-corrected chi connectivity index (χ0v) is 25.3. The molecule has 0 aliphatic rings. The SMILES string of the molecule is CON(C)C(=O)c1cccc(S(=O)(=O)c2ccc(CCN(CC(O)c3cccc(Cl)c3)C(=O)OC(C)(C)C)cc2)c1. The van der Waals surface area contributed by atoms with Gasteiger partial charge in [-0.25, -0.2) is 18.3 Å². The lowest BCUT2D eigenvalue weighted by molar-refractivity contribution is -0.0757. The van der Waals surface area contributed by atoms with Crippen molar-refractivity contribution in [3.63, 3.8) is 0 Å². The fourth-order valence-electron chi connectivity index (χ4n) is 3.91. The van der Waals surface area contributed by atoms with E-state index >= 15 is 0 Å². The van der Waals surface area contributed by atoms with Gasteiger partial charge in [0.15, 0.2) is 0 Å². The quantitative estimate of drug-likeness (QED) is 0.312. The molecule has 9 nitrogen and oxygen atoms in total. The van der Waals surface area contributed by atoms with Crippen molar-refractivity contribution in [2.24, 2.45) is 0 Å². The number of sulfone groups is 1. The van der Waals surface area contributed by atoms with Gasteiger partial charge in [-0.3, -0.25) is 9.63 Å². The Morgan fingerprint density at radius 1 is 0.976 bits per heavy atom. The Morgan fingerprint density at radius 3 is 2.24 bits per heavy atom. The molecule has 1 unspecified atom stereocenters. The number of hydrogen-bond acceptors (Lipinski definition) is 7. The van der Waals surface area contributed by atoms with Gasteiger partial charge in [-0.1, -0.05) is 41.9 Å². The standard InChI is InChI=1S/C30H35ClN2O7S/c1-30(2,3)40-29(36)33(20-27(34)22-8-6-10-24(31)18-22)17-16-21-12-14-25(15-13-21)41(37,38)26-11-7-9-23(19-26)28(35)32(4)39-5/h6-15,18-19,27,34H,16-17,20H2,1-5H3. The minimum Gasteiger partial charge on any atom is -0.444 e. The second-order valence-electron chi connectivity index (χ2n) is 10.4. The first-order valence-corrected chi connectivity index (χ1v) is 14.7. The molecule has 1 atom stereocenters. The smallest absolute Gasteiger partial charge is 0.410 e. The predicted molar refractivity (Wildman–Crippen MR) is 155 cm³/mol. The van der Waals surface area contributed by atoms with Gasteiger partial charge in [0.05, 0.1) is 29.5 Å². The van der Waals surface area contributed by atoms with Crippen LogP contribution >= 0.6 is 11.6 Å². The Hall–Kier alpha value is -3.44. The molecule has 0 heterocycles. The maximum atomic E-state index is 13.3. The van der Waals surface area contributed by atoms with Crippen molar-refractivity contribution in [1.29, 1.82) is 0 Å². The van der Waals surface area contributed by atoms with E-state index in [2.05, 4.69) is 0 Å². The van der Waals surface area contributed by atoms with Crippen molar-refractivity contribution >= 4 is 33.4 Å². The topological polar surface area (TPSA) is 113 Å². The van der Waals surface area contributed by atoms with Gasteiger partial charge in [0.1, 0.15) is 5.60 Å². The van der Waals surface area contributed by atoms with E-state index in [0.717, 1.165) is 10.6 Å². The Labute approximate surface area is 246 Å². The zero-order valence-electron chi connectivity index (χ0n) is 23.7. The van der Waals surface area contributed by atoms with Crippen LogP contribution in [0, 0.1) is 0 Å². The van der Waals surface area contributed by atoms with Gasteiger partial charge >= 0.3 is 6.09 Å². The lowest BCUT2D eigenvalue weighted by Crippen LogP contribution is -2.40. The summed E-state index contributed by atoms with van der Waals surface area (Å²) in [5.74, 6) is -0.477. The molecule has 0 spiro atoms. The minimum atomic E-state index is -3.90. The molecule has 3 aromatic rings. The number of hydrogen-bond donors (Lipinski definition) is 1. The van der Waals surface area contributed by atoms with E-state index in [-0.39, 0.29) is 28.4 Å². The average molecular weight is 603 g/mol. The van der Waals surface area contributed by atoms with Crippen LogP contribution in [0.4, 0.5) is 4.79 Å². The van der Waals surface area contributed by atoms with Crippen LogP contribution in [-0.2, 0) is 25.8 Å². The third kappa shape index (κ3) is 8.77. The number of aliphatic hydroxyl groups is 1. The number of carbonyl (C=O) groups excluding carboxylic acids is 2. The average Bonchev–Trinajstić information content (AvgIpc) is 2.93. The Morgan fingerprint density at radius 2 is 1.63 bits per heavy atom. The molecule has 11 heteroatoms. The van der Waals surface area contributed by atoms with Gasteiger partial charge in [0.25, 0.3) is 5.91 Å². The van der Waals surface area contributed by atoms with Crippen LogP contribution in [0.3, 0.4) is 0 Å². The minimum absolute atomic E-state index is 0.0188. The number of nitrogens with zero attached hydrogens (tertiary/aromatic N) is 2. The number of benzene rings is 3. The van der Waals surface area contributed by atoms with Gasteiger partial charge in [0.2, 0.25) is 9.84 Å². The molecule has 41 heavy (non-hydrogen) atoms. The van der Waals surface area contributed by atoms with Crippen molar-refractivity contribution in [2.75, 3.05) is 27.2 Å². The fraction of sp³-hybridized carbons (Fsp3) is 0.333. The fourth-order valence-corrected chi connectivity index (χ4v) is 5.41. The highest BCUT2D eigenvalue weighted by molar-refractivity contribution is 7.91. The molecule has 0 aliphatic carbocycles. The lowest BCUT2D eigenvalue weighted by atomic mass is 10.1. The van der Waals surface area contributed by atoms with E-state index in [0.29, 0.717) is 17.0 Å². The number of rotatable bonds is 10. The van der Waals surface area contributed by atoms with Crippen LogP contribution in [0.2, 0.25) is 5.02 Å². The normalized spacial score (nSPS) is 12.5. The summed E-state index contributed by atoms with van der Waals surface area (Å²) < 4.78 is 32.1. The number of halogens is 1. The zero-order chi connectivity index (χ0) is 30.4. The number of aliphatic hydroxyl groups excluding tert-OH is 1. The van der Waals surface area contributed by atoms with Crippen molar-refractivity contribution < 1.29 is 32.7 Å². The van der Waals surface area contributed by atoms with Crippen LogP contribution in [-0.4, -0.2) is 68.3 Å². The van der Waals surface area contributed by atoms with Crippen LogP contribution in [0.15, 0.2) is 82.6 Å². The van der Waals surface area contributed by atoms with E-state index < -0.39 is 33.5 Å². The molecule has 1 N–H and O–H groups in total. The molecule has 0 fully saturated rings. The molecule has 0 saturated carbocycles. The van der Waals surface area contributed by atoms with Crippen LogP contribution in [0.1, 0.15) is 48.4 Å².